The third-order valence-electron chi connectivity index (χ3n) is 2.94. The van der Waals surface area contributed by atoms with Crippen molar-refractivity contribution in [2.24, 2.45) is 0 Å². The Balaban J connectivity index is 2.10. The van der Waals surface area contributed by atoms with E-state index in [0.717, 1.165) is 13.1 Å². The van der Waals surface area contributed by atoms with Crippen molar-refractivity contribution in [3.8, 4) is 5.75 Å². The van der Waals surface area contributed by atoms with Crippen molar-refractivity contribution in [1.29, 1.82) is 0 Å². The van der Waals surface area contributed by atoms with Gasteiger partial charge in [0, 0.05) is 30.7 Å². The molecule has 0 saturated carbocycles. The molecule has 92 valence electrons. The minimum Gasteiger partial charge on any atom is -0.487 e. The second-order valence-corrected chi connectivity index (χ2v) is 4.14. The number of aromatic nitrogens is 1. The van der Waals surface area contributed by atoms with E-state index in [1.54, 1.807) is 24.4 Å². The fourth-order valence-electron chi connectivity index (χ4n) is 1.91. The maximum Gasteiger partial charge on any atom is 0.295 e. The van der Waals surface area contributed by atoms with Crippen LogP contribution in [-0.2, 0) is 0 Å². The highest BCUT2D eigenvalue weighted by molar-refractivity contribution is 5.92. The summed E-state index contributed by atoms with van der Waals surface area (Å²) in [5, 5.41) is 14.7. The summed E-state index contributed by atoms with van der Waals surface area (Å²) < 4.78 is 5.77. The van der Waals surface area contributed by atoms with E-state index in [0.29, 0.717) is 16.7 Å². The summed E-state index contributed by atoms with van der Waals surface area (Å²) in [6.07, 6.45) is 1.68. The molecule has 0 aliphatic carbocycles. The number of hydrogen-bond donors (Lipinski definition) is 1. The summed E-state index contributed by atoms with van der Waals surface area (Å²) in [5.41, 5.74) is 0.372. The van der Waals surface area contributed by atoms with Gasteiger partial charge in [0.1, 0.15) is 11.9 Å². The molecule has 2 heterocycles. The summed E-state index contributed by atoms with van der Waals surface area (Å²) >= 11 is 0. The Hall–Kier alpha value is -2.21. The lowest BCUT2D eigenvalue weighted by Gasteiger charge is -2.28. The molecule has 3 rings (SSSR count). The van der Waals surface area contributed by atoms with Crippen molar-refractivity contribution in [3.63, 3.8) is 0 Å². The molecule has 18 heavy (non-hydrogen) atoms. The molecular weight excluding hydrogens is 234 g/mol. The first-order chi connectivity index (χ1) is 8.75. The van der Waals surface area contributed by atoms with Gasteiger partial charge in [-0.15, -0.1) is 0 Å². The highest BCUT2D eigenvalue weighted by atomic mass is 16.6. The van der Waals surface area contributed by atoms with Crippen LogP contribution in [0.4, 0.5) is 5.69 Å². The molecule has 0 atom stereocenters. The normalized spacial score (nSPS) is 15.3. The molecule has 6 heteroatoms. The Morgan fingerprint density at radius 3 is 2.89 bits per heavy atom. The molecule has 1 aliphatic rings. The monoisotopic (exact) mass is 245 g/mol. The summed E-state index contributed by atoms with van der Waals surface area (Å²) in [6, 6.07) is 6.62. The summed E-state index contributed by atoms with van der Waals surface area (Å²) in [6.45, 7) is 1.61. The Morgan fingerprint density at radius 1 is 1.39 bits per heavy atom. The van der Waals surface area contributed by atoms with Crippen LogP contribution in [0.3, 0.4) is 0 Å². The maximum absolute atomic E-state index is 10.9. The van der Waals surface area contributed by atoms with Gasteiger partial charge in [-0.3, -0.25) is 10.1 Å². The van der Waals surface area contributed by atoms with Crippen LogP contribution in [-0.4, -0.2) is 29.1 Å². The zero-order valence-electron chi connectivity index (χ0n) is 9.50. The van der Waals surface area contributed by atoms with Crippen LogP contribution in [0.5, 0.6) is 5.75 Å². The van der Waals surface area contributed by atoms with Crippen molar-refractivity contribution in [3.05, 3.63) is 40.6 Å². The molecule has 6 nitrogen and oxygen atoms in total. The van der Waals surface area contributed by atoms with E-state index in [1.165, 1.54) is 6.07 Å². The van der Waals surface area contributed by atoms with Crippen molar-refractivity contribution in [2.45, 2.75) is 6.10 Å². The van der Waals surface area contributed by atoms with Crippen LogP contribution in [0.2, 0.25) is 0 Å². The van der Waals surface area contributed by atoms with Gasteiger partial charge in [0.25, 0.3) is 5.69 Å². The number of nitro benzene ring substituents is 1. The molecule has 1 fully saturated rings. The second-order valence-electron chi connectivity index (χ2n) is 4.14. The fraction of sp³-hybridized carbons (Fsp3) is 0.250. The van der Waals surface area contributed by atoms with Crippen LogP contribution >= 0.6 is 0 Å². The van der Waals surface area contributed by atoms with Gasteiger partial charge in [0.05, 0.1) is 4.92 Å². The van der Waals surface area contributed by atoms with Crippen LogP contribution in [0.15, 0.2) is 30.5 Å². The van der Waals surface area contributed by atoms with Gasteiger partial charge >= 0.3 is 0 Å². The van der Waals surface area contributed by atoms with E-state index in [1.807, 2.05) is 0 Å². The van der Waals surface area contributed by atoms with Crippen molar-refractivity contribution < 1.29 is 9.66 Å². The average molecular weight is 245 g/mol. The third-order valence-corrected chi connectivity index (χ3v) is 2.94. The number of rotatable bonds is 3. The van der Waals surface area contributed by atoms with E-state index >= 15 is 0 Å². The van der Waals surface area contributed by atoms with Gasteiger partial charge in [-0.05, 0) is 18.2 Å². The highest BCUT2D eigenvalue weighted by Crippen LogP contribution is 2.31. The summed E-state index contributed by atoms with van der Waals surface area (Å²) in [7, 11) is 0. The molecule has 1 saturated heterocycles. The Bertz CT molecular complexity index is 611. The number of pyridine rings is 1. The molecule has 0 amide bonds. The minimum atomic E-state index is -0.427. The van der Waals surface area contributed by atoms with Gasteiger partial charge < -0.3 is 10.1 Å². The standard InChI is InChI=1S/C12H11N3O3/c16-15(17)10-3-4-11(18-8-6-13-7-8)9-2-1-5-14-12(9)10/h1-5,8,13H,6-7H2. The molecule has 1 aromatic heterocycles. The number of fused-ring (bicyclic) bond motifs is 1. The van der Waals surface area contributed by atoms with Gasteiger partial charge in [-0.25, -0.2) is 4.98 Å². The van der Waals surface area contributed by atoms with E-state index in [-0.39, 0.29) is 11.8 Å². The SMILES string of the molecule is O=[N+]([O-])c1ccc(OC2CNC2)c2cccnc12. The van der Waals surface area contributed by atoms with Gasteiger partial charge in [-0.1, -0.05) is 0 Å². The lowest BCUT2D eigenvalue weighted by molar-refractivity contribution is -0.383. The van der Waals surface area contributed by atoms with E-state index in [9.17, 15) is 10.1 Å². The predicted molar refractivity (Wildman–Crippen MR) is 65.7 cm³/mol. The molecule has 1 aromatic carbocycles. The minimum absolute atomic E-state index is 0.00434. The predicted octanol–water partition coefficient (Wildman–Crippen LogP) is 1.49. The van der Waals surface area contributed by atoms with Crippen molar-refractivity contribution in [1.82, 2.24) is 10.3 Å². The van der Waals surface area contributed by atoms with Crippen LogP contribution in [0.1, 0.15) is 0 Å². The molecule has 1 N–H and O–H groups in total. The largest absolute Gasteiger partial charge is 0.487 e. The third kappa shape index (κ3) is 1.76. The van der Waals surface area contributed by atoms with Crippen LogP contribution in [0.25, 0.3) is 10.9 Å². The van der Waals surface area contributed by atoms with Crippen molar-refractivity contribution >= 4 is 16.6 Å². The smallest absolute Gasteiger partial charge is 0.295 e. The second kappa shape index (κ2) is 4.23. The number of nitrogens with one attached hydrogen (secondary N) is 1. The van der Waals surface area contributed by atoms with E-state index in [2.05, 4.69) is 10.3 Å². The first-order valence-electron chi connectivity index (χ1n) is 5.65. The number of hydrogen-bond acceptors (Lipinski definition) is 5. The number of nitro groups is 1. The van der Waals surface area contributed by atoms with Crippen molar-refractivity contribution in [2.75, 3.05) is 13.1 Å². The summed E-state index contributed by atoms with van der Waals surface area (Å²) in [5.74, 6) is 0.648. The Labute approximate surface area is 103 Å². The Morgan fingerprint density at radius 2 is 2.22 bits per heavy atom. The zero-order chi connectivity index (χ0) is 12.5. The summed E-state index contributed by atoms with van der Waals surface area (Å²) in [4.78, 5) is 14.6. The number of benzene rings is 1. The fourth-order valence-corrected chi connectivity index (χ4v) is 1.91. The zero-order valence-corrected chi connectivity index (χ0v) is 9.50. The number of nitrogens with zero attached hydrogens (tertiary/aromatic N) is 2. The lowest BCUT2D eigenvalue weighted by Crippen LogP contribution is -2.50. The first-order valence-corrected chi connectivity index (χ1v) is 5.65. The molecule has 0 bridgehead atoms. The van der Waals surface area contributed by atoms with Crippen LogP contribution < -0.4 is 10.1 Å². The topological polar surface area (TPSA) is 77.3 Å². The highest BCUT2D eigenvalue weighted by Gasteiger charge is 2.21. The average Bonchev–Trinajstić information content (AvgIpc) is 2.33. The van der Waals surface area contributed by atoms with Gasteiger partial charge in [-0.2, -0.15) is 0 Å². The van der Waals surface area contributed by atoms with E-state index < -0.39 is 4.92 Å². The number of non-ortho nitro benzene ring substituents is 1. The van der Waals surface area contributed by atoms with Crippen LogP contribution in [0, 0.1) is 10.1 Å². The first kappa shape index (κ1) is 10.9. The molecule has 0 spiro atoms. The van der Waals surface area contributed by atoms with Gasteiger partial charge in [0.2, 0.25) is 0 Å². The molecule has 0 unspecified atom stereocenters. The molecule has 0 radical (unpaired) electrons. The molecular formula is C12H11N3O3. The lowest BCUT2D eigenvalue weighted by atomic mass is 10.1. The van der Waals surface area contributed by atoms with Gasteiger partial charge in [0.15, 0.2) is 5.52 Å². The molecule has 2 aromatic rings. The quantitative estimate of drug-likeness (QED) is 0.654. The molecule has 1 aliphatic heterocycles. The van der Waals surface area contributed by atoms with E-state index in [4.69, 9.17) is 4.74 Å². The number of ether oxygens (including phenoxy) is 1. The maximum atomic E-state index is 10.9. The Kier molecular flexibility index (Phi) is 2.56.